The summed E-state index contributed by atoms with van der Waals surface area (Å²) in [5.74, 6) is 0.515. The Morgan fingerprint density at radius 1 is 1.12 bits per heavy atom. The van der Waals surface area contributed by atoms with Gasteiger partial charge in [0.25, 0.3) is 0 Å². The lowest BCUT2D eigenvalue weighted by Gasteiger charge is -2.40. The van der Waals surface area contributed by atoms with E-state index in [0.29, 0.717) is 45.3 Å². The molecule has 2 aromatic rings. The molecule has 1 aromatic heterocycles. The molecule has 33 heavy (non-hydrogen) atoms. The van der Waals surface area contributed by atoms with Crippen LogP contribution < -0.4 is 0 Å². The number of ether oxygens (including phenoxy) is 1. The second-order valence-electron chi connectivity index (χ2n) is 9.31. The van der Waals surface area contributed by atoms with Crippen LogP contribution in [0, 0.1) is 5.92 Å². The Balaban J connectivity index is 1.57. The van der Waals surface area contributed by atoms with E-state index in [4.69, 9.17) is 9.72 Å². The normalized spacial score (nSPS) is 22.1. The molecular weight excluding hydrogens is 451 g/mol. The number of benzene rings is 1. The maximum absolute atomic E-state index is 13.3. The summed E-state index contributed by atoms with van der Waals surface area (Å²) >= 11 is 1.62. The molecule has 9 heteroatoms. The number of urea groups is 1. The van der Waals surface area contributed by atoms with E-state index in [1.54, 1.807) is 23.5 Å². The van der Waals surface area contributed by atoms with Gasteiger partial charge in [0.1, 0.15) is 0 Å². The lowest BCUT2D eigenvalue weighted by atomic mass is 9.84. The molecule has 2 amide bonds. The van der Waals surface area contributed by atoms with Gasteiger partial charge in [-0.1, -0.05) is 26.0 Å². The van der Waals surface area contributed by atoms with Crippen molar-refractivity contribution in [3.63, 3.8) is 0 Å². The fourth-order valence-electron chi connectivity index (χ4n) is 4.60. The molecule has 2 fully saturated rings. The number of hydrogen-bond acceptors (Lipinski definition) is 4. The molecule has 2 atom stereocenters. The number of piperidine rings is 1. The van der Waals surface area contributed by atoms with E-state index in [0.717, 1.165) is 41.2 Å². The van der Waals surface area contributed by atoms with Gasteiger partial charge >= 0.3 is 12.2 Å². The van der Waals surface area contributed by atoms with Crippen molar-refractivity contribution >= 4 is 17.4 Å². The molecule has 2 aliphatic heterocycles. The maximum atomic E-state index is 13.3. The number of aromatic nitrogens is 1. The van der Waals surface area contributed by atoms with Crippen LogP contribution in [-0.2, 0) is 17.3 Å². The van der Waals surface area contributed by atoms with Gasteiger partial charge in [-0.05, 0) is 36.5 Å². The number of likely N-dealkylation sites (tertiary alicyclic amines) is 1. The number of amides is 2. The van der Waals surface area contributed by atoms with Crippen molar-refractivity contribution in [3.8, 4) is 0 Å². The van der Waals surface area contributed by atoms with Crippen LogP contribution >= 0.6 is 11.3 Å². The second kappa shape index (κ2) is 10.0. The first-order valence-corrected chi connectivity index (χ1v) is 12.3. The lowest BCUT2D eigenvalue weighted by Crippen LogP contribution is -2.52. The van der Waals surface area contributed by atoms with Gasteiger partial charge in [0.15, 0.2) is 0 Å². The third kappa shape index (κ3) is 5.87. The number of morpholine rings is 1. The molecule has 4 rings (SSSR count). The Morgan fingerprint density at radius 2 is 1.79 bits per heavy atom. The fraction of sp³-hybridized carbons (Fsp3) is 0.583. The monoisotopic (exact) mass is 481 g/mol. The third-order valence-corrected chi connectivity index (χ3v) is 7.30. The highest BCUT2D eigenvalue weighted by molar-refractivity contribution is 7.09. The number of thiazole rings is 1. The highest BCUT2D eigenvalue weighted by Gasteiger charge is 2.36. The smallest absolute Gasteiger partial charge is 0.378 e. The van der Waals surface area contributed by atoms with Gasteiger partial charge in [0, 0.05) is 43.4 Å². The number of alkyl halides is 3. The predicted molar refractivity (Wildman–Crippen MR) is 122 cm³/mol. The van der Waals surface area contributed by atoms with Crippen LogP contribution in [0.2, 0.25) is 0 Å². The van der Waals surface area contributed by atoms with Crippen LogP contribution in [0.1, 0.15) is 53.9 Å². The van der Waals surface area contributed by atoms with E-state index in [2.05, 4.69) is 19.2 Å². The summed E-state index contributed by atoms with van der Waals surface area (Å²) in [6.45, 7) is 7.53. The van der Waals surface area contributed by atoms with E-state index in [1.807, 2.05) is 9.80 Å². The number of nitrogens with zero attached hydrogens (tertiary/aromatic N) is 3. The molecule has 5 nitrogen and oxygen atoms in total. The number of hydrogen-bond donors (Lipinski definition) is 0. The van der Waals surface area contributed by atoms with Crippen molar-refractivity contribution in [2.45, 2.75) is 44.7 Å². The van der Waals surface area contributed by atoms with Crippen LogP contribution in [0.25, 0.3) is 0 Å². The van der Waals surface area contributed by atoms with Crippen molar-refractivity contribution in [3.05, 3.63) is 51.5 Å². The zero-order valence-electron chi connectivity index (χ0n) is 19.0. The van der Waals surface area contributed by atoms with Crippen LogP contribution in [-0.4, -0.2) is 60.2 Å². The molecule has 0 aliphatic carbocycles. The number of carbonyl (C=O) groups is 1. The molecule has 2 unspecified atom stereocenters. The Bertz CT molecular complexity index is 939. The topological polar surface area (TPSA) is 45.7 Å². The summed E-state index contributed by atoms with van der Waals surface area (Å²) in [5, 5.41) is 3.09. The van der Waals surface area contributed by atoms with Crippen molar-refractivity contribution in [1.82, 2.24) is 14.8 Å². The zero-order valence-corrected chi connectivity index (χ0v) is 19.8. The van der Waals surface area contributed by atoms with Crippen LogP contribution in [0.4, 0.5) is 18.0 Å². The predicted octanol–water partition coefficient (Wildman–Crippen LogP) is 5.39. The summed E-state index contributed by atoms with van der Waals surface area (Å²) in [5.41, 5.74) is 1.23. The van der Waals surface area contributed by atoms with E-state index in [9.17, 15) is 18.0 Å². The van der Waals surface area contributed by atoms with Crippen molar-refractivity contribution < 1.29 is 22.7 Å². The van der Waals surface area contributed by atoms with E-state index in [1.165, 1.54) is 0 Å². The lowest BCUT2D eigenvalue weighted by molar-refractivity contribution is -0.137. The van der Waals surface area contributed by atoms with Gasteiger partial charge in [-0.3, -0.25) is 0 Å². The summed E-state index contributed by atoms with van der Waals surface area (Å²) in [6.07, 6.45) is -2.70. The first kappa shape index (κ1) is 24.0. The minimum absolute atomic E-state index is 0.0288. The molecule has 180 valence electrons. The van der Waals surface area contributed by atoms with Crippen molar-refractivity contribution in [2.75, 3.05) is 39.4 Å². The summed E-state index contributed by atoms with van der Waals surface area (Å²) in [4.78, 5) is 21.8. The van der Waals surface area contributed by atoms with Crippen LogP contribution in [0.15, 0.2) is 29.6 Å². The Labute approximate surface area is 196 Å². The number of carbonyl (C=O) groups excluding carboxylic acids is 1. The second-order valence-corrected chi connectivity index (χ2v) is 10.2. The average Bonchev–Trinajstić information content (AvgIpc) is 3.26. The number of rotatable bonds is 4. The van der Waals surface area contributed by atoms with E-state index < -0.39 is 11.7 Å². The van der Waals surface area contributed by atoms with Gasteiger partial charge in [-0.2, -0.15) is 13.2 Å². The molecule has 2 aliphatic rings. The quantitative estimate of drug-likeness (QED) is 0.589. The molecule has 1 aromatic carbocycles. The minimum atomic E-state index is -4.36. The van der Waals surface area contributed by atoms with E-state index >= 15 is 0 Å². The van der Waals surface area contributed by atoms with Crippen LogP contribution in [0.3, 0.4) is 0 Å². The first-order chi connectivity index (χ1) is 15.7. The van der Waals surface area contributed by atoms with Crippen molar-refractivity contribution in [2.24, 2.45) is 5.92 Å². The van der Waals surface area contributed by atoms with E-state index in [-0.39, 0.29) is 17.9 Å². The molecule has 0 spiro atoms. The molecule has 3 heterocycles. The molecule has 0 saturated carbocycles. The highest BCUT2D eigenvalue weighted by Crippen LogP contribution is 2.38. The summed E-state index contributed by atoms with van der Waals surface area (Å²) < 4.78 is 44.5. The van der Waals surface area contributed by atoms with Crippen LogP contribution in [0.5, 0.6) is 0 Å². The summed E-state index contributed by atoms with van der Waals surface area (Å²) in [7, 11) is 0. The molecule has 0 bridgehead atoms. The minimum Gasteiger partial charge on any atom is -0.378 e. The molecular formula is C24H30F3N3O2S. The van der Waals surface area contributed by atoms with Gasteiger partial charge in [-0.25, -0.2) is 9.78 Å². The Morgan fingerprint density at radius 3 is 2.42 bits per heavy atom. The number of halogens is 3. The molecule has 0 radical (unpaired) electrons. The average molecular weight is 482 g/mol. The molecule has 2 saturated heterocycles. The standard InChI is InChI=1S/C24H30F3N3O2S/c1-16(2)11-21-15-33-22(28-21)19-12-18(17-3-5-20(6-4-17)24(25,26)27)13-30(14-19)23(31)29-7-9-32-10-8-29/h3-6,15-16,18-19H,7-14H2,1-2H3. The first-order valence-electron chi connectivity index (χ1n) is 11.4. The van der Waals surface area contributed by atoms with Gasteiger partial charge in [0.2, 0.25) is 0 Å². The summed E-state index contributed by atoms with van der Waals surface area (Å²) in [6, 6.07) is 5.35. The Hall–Kier alpha value is -2.13. The zero-order chi connectivity index (χ0) is 23.6. The fourth-order valence-corrected chi connectivity index (χ4v) is 5.54. The molecule has 0 N–H and O–H groups in total. The van der Waals surface area contributed by atoms with Crippen molar-refractivity contribution in [1.29, 1.82) is 0 Å². The maximum Gasteiger partial charge on any atom is 0.416 e. The largest absolute Gasteiger partial charge is 0.416 e. The van der Waals surface area contributed by atoms with Gasteiger partial charge < -0.3 is 14.5 Å². The van der Waals surface area contributed by atoms with Gasteiger partial charge in [-0.15, -0.1) is 11.3 Å². The van der Waals surface area contributed by atoms with Gasteiger partial charge in [0.05, 0.1) is 29.5 Å². The third-order valence-electron chi connectivity index (χ3n) is 6.25. The Kier molecular flexibility index (Phi) is 7.28. The SMILES string of the molecule is CC(C)Cc1csc(C2CC(c3ccc(C(F)(F)F)cc3)CN(C(=O)N3CCOCC3)C2)n1. The highest BCUT2D eigenvalue weighted by atomic mass is 32.1.